The number of hydrogen-bond acceptors (Lipinski definition) is 9. The second-order valence-corrected chi connectivity index (χ2v) is 7.73. The predicted molar refractivity (Wildman–Crippen MR) is 129 cm³/mol. The molecule has 0 saturated carbocycles. The quantitative estimate of drug-likeness (QED) is 0.155. The van der Waals surface area contributed by atoms with E-state index >= 15 is 0 Å². The van der Waals surface area contributed by atoms with Gasteiger partial charge in [0, 0.05) is 13.1 Å². The second kappa shape index (κ2) is 29.7. The Balaban J connectivity index is 3.79. The van der Waals surface area contributed by atoms with Gasteiger partial charge in [0.1, 0.15) is 0 Å². The van der Waals surface area contributed by atoms with Crippen LogP contribution in [0.2, 0.25) is 0 Å². The molecule has 0 bridgehead atoms. The van der Waals surface area contributed by atoms with Gasteiger partial charge in [-0.2, -0.15) is 0 Å². The Morgan fingerprint density at radius 1 is 0.424 bits per heavy atom. The monoisotopic (exact) mass is 481 g/mol. The lowest BCUT2D eigenvalue weighted by atomic mass is 10.1. The van der Waals surface area contributed by atoms with Gasteiger partial charge in [-0.3, -0.25) is 4.90 Å². The van der Waals surface area contributed by atoms with Crippen molar-refractivity contribution in [1.29, 1.82) is 0 Å². The van der Waals surface area contributed by atoms with Crippen LogP contribution in [0, 0.1) is 0 Å². The van der Waals surface area contributed by atoms with E-state index < -0.39 is 0 Å². The minimum Gasteiger partial charge on any atom is -0.394 e. The molecule has 0 atom stereocenters. The van der Waals surface area contributed by atoms with E-state index in [1.807, 2.05) is 0 Å². The topological polar surface area (TPSA) is 99.1 Å². The molecule has 0 unspecified atom stereocenters. The normalized spacial score (nSPS) is 11.6. The Morgan fingerprint density at radius 2 is 0.788 bits per heavy atom. The zero-order chi connectivity index (χ0) is 24.1. The lowest BCUT2D eigenvalue weighted by Crippen LogP contribution is -2.32. The molecule has 0 aromatic heterocycles. The van der Waals surface area contributed by atoms with E-state index in [9.17, 15) is 0 Å². The lowest BCUT2D eigenvalue weighted by molar-refractivity contribution is -0.00217. The maximum atomic E-state index is 8.64. The molecular weight excluding hydrogens is 430 g/mol. The molecule has 0 saturated heterocycles. The van der Waals surface area contributed by atoms with Crippen molar-refractivity contribution in [2.75, 3.05) is 112 Å². The third kappa shape index (κ3) is 27.8. The summed E-state index contributed by atoms with van der Waals surface area (Å²) < 4.78 is 32.6. The molecule has 0 rings (SSSR count). The number of nitrogens with zero attached hydrogens (tertiary/aromatic N) is 1. The number of unbranched alkanes of at least 4 members (excludes halogenated alkanes) is 5. The van der Waals surface area contributed by atoms with Gasteiger partial charge in [0.05, 0.1) is 92.5 Å². The van der Waals surface area contributed by atoms with Crippen molar-refractivity contribution in [3.63, 3.8) is 0 Å². The molecule has 0 aliphatic carbocycles. The third-order valence-electron chi connectivity index (χ3n) is 4.89. The Hall–Kier alpha value is -0.360. The molecule has 0 spiro atoms. The summed E-state index contributed by atoms with van der Waals surface area (Å²) in [5.41, 5.74) is 0. The third-order valence-corrected chi connectivity index (χ3v) is 4.89. The first-order chi connectivity index (χ1) is 16.3. The van der Waals surface area contributed by atoms with E-state index in [0.29, 0.717) is 79.3 Å². The van der Waals surface area contributed by atoms with Gasteiger partial charge in [-0.05, 0) is 13.0 Å². The van der Waals surface area contributed by atoms with Gasteiger partial charge in [-0.1, -0.05) is 39.0 Å². The van der Waals surface area contributed by atoms with Crippen molar-refractivity contribution in [2.24, 2.45) is 0 Å². The maximum Gasteiger partial charge on any atom is 0.0701 e. The summed E-state index contributed by atoms with van der Waals surface area (Å²) in [6.07, 6.45) is 7.73. The molecule has 9 nitrogen and oxygen atoms in total. The van der Waals surface area contributed by atoms with E-state index in [1.165, 1.54) is 38.5 Å². The van der Waals surface area contributed by atoms with E-state index in [4.69, 9.17) is 38.6 Å². The van der Waals surface area contributed by atoms with Crippen LogP contribution < -0.4 is 0 Å². The minimum absolute atomic E-state index is 0.0404. The van der Waals surface area contributed by atoms with Gasteiger partial charge in [0.2, 0.25) is 0 Å². The van der Waals surface area contributed by atoms with Crippen molar-refractivity contribution in [2.45, 2.75) is 45.4 Å². The van der Waals surface area contributed by atoms with Crippen molar-refractivity contribution >= 4 is 0 Å². The van der Waals surface area contributed by atoms with Crippen LogP contribution in [0.15, 0.2) is 0 Å². The highest BCUT2D eigenvalue weighted by Gasteiger charge is 2.05. The van der Waals surface area contributed by atoms with Crippen LogP contribution >= 0.6 is 0 Å². The number of aliphatic hydroxyl groups excluding tert-OH is 2. The molecule has 9 heteroatoms. The molecule has 0 heterocycles. The first-order valence-electron chi connectivity index (χ1n) is 12.8. The standard InChI is InChI=1S/C24H51NO8/c1-2-3-4-5-6-7-8-25(9-13-28-17-21-32-23-19-30-15-11-26)10-14-29-18-22-33-24-20-31-16-12-27/h26-27H,2-24H2,1H3. The van der Waals surface area contributed by atoms with E-state index in [0.717, 1.165) is 19.6 Å². The molecule has 0 radical (unpaired) electrons. The molecule has 0 aromatic rings. The number of aliphatic hydroxyl groups is 2. The van der Waals surface area contributed by atoms with Crippen LogP contribution in [0.4, 0.5) is 0 Å². The van der Waals surface area contributed by atoms with Crippen molar-refractivity contribution in [3.05, 3.63) is 0 Å². The maximum absolute atomic E-state index is 8.64. The zero-order valence-corrected chi connectivity index (χ0v) is 21.1. The Kier molecular flexibility index (Phi) is 29.3. The van der Waals surface area contributed by atoms with Gasteiger partial charge in [0.15, 0.2) is 0 Å². The highest BCUT2D eigenvalue weighted by atomic mass is 16.6. The molecule has 200 valence electrons. The van der Waals surface area contributed by atoms with Gasteiger partial charge >= 0.3 is 0 Å². The summed E-state index contributed by atoms with van der Waals surface area (Å²) in [5, 5.41) is 17.3. The van der Waals surface area contributed by atoms with Crippen molar-refractivity contribution in [1.82, 2.24) is 4.90 Å². The largest absolute Gasteiger partial charge is 0.394 e. The Morgan fingerprint density at radius 3 is 1.21 bits per heavy atom. The predicted octanol–water partition coefficient (Wildman–Crippen LogP) is 1.73. The van der Waals surface area contributed by atoms with Gasteiger partial charge in [-0.15, -0.1) is 0 Å². The fourth-order valence-corrected chi connectivity index (χ4v) is 3.05. The summed E-state index contributed by atoms with van der Waals surface area (Å²) in [6, 6.07) is 0. The highest BCUT2D eigenvalue weighted by Crippen LogP contribution is 2.06. The molecule has 0 aromatic carbocycles. The summed E-state index contributed by atoms with van der Waals surface area (Å²) in [4.78, 5) is 2.41. The molecule has 0 fully saturated rings. The van der Waals surface area contributed by atoms with Gasteiger partial charge in [0.25, 0.3) is 0 Å². The molecule has 0 aliphatic rings. The van der Waals surface area contributed by atoms with Gasteiger partial charge in [-0.25, -0.2) is 0 Å². The van der Waals surface area contributed by atoms with Crippen LogP contribution in [0.3, 0.4) is 0 Å². The van der Waals surface area contributed by atoms with E-state index in [-0.39, 0.29) is 13.2 Å². The summed E-state index contributed by atoms with van der Waals surface area (Å²) in [7, 11) is 0. The van der Waals surface area contributed by atoms with Crippen LogP contribution in [0.5, 0.6) is 0 Å². The SMILES string of the molecule is CCCCCCCCN(CCOCCOCCOCCO)CCOCCOCCOCCO. The number of ether oxygens (including phenoxy) is 6. The van der Waals surface area contributed by atoms with Crippen LogP contribution in [-0.2, 0) is 28.4 Å². The average Bonchev–Trinajstić information content (AvgIpc) is 2.83. The van der Waals surface area contributed by atoms with E-state index in [2.05, 4.69) is 11.8 Å². The van der Waals surface area contributed by atoms with Crippen LogP contribution in [0.25, 0.3) is 0 Å². The van der Waals surface area contributed by atoms with Crippen LogP contribution in [0.1, 0.15) is 45.4 Å². The summed E-state index contributed by atoms with van der Waals surface area (Å²) in [5.74, 6) is 0. The number of rotatable bonds is 29. The fourth-order valence-electron chi connectivity index (χ4n) is 3.05. The van der Waals surface area contributed by atoms with Crippen molar-refractivity contribution < 1.29 is 38.6 Å². The zero-order valence-electron chi connectivity index (χ0n) is 21.1. The lowest BCUT2D eigenvalue weighted by Gasteiger charge is -2.22. The smallest absolute Gasteiger partial charge is 0.0701 e. The molecule has 2 N–H and O–H groups in total. The fraction of sp³-hybridized carbons (Fsp3) is 1.00. The summed E-state index contributed by atoms with van der Waals surface area (Å²) in [6.45, 7) is 11.5. The number of hydrogen-bond donors (Lipinski definition) is 2. The first-order valence-corrected chi connectivity index (χ1v) is 12.8. The first kappa shape index (κ1) is 32.6. The Bertz CT molecular complexity index is 328. The Labute approximate surface area is 201 Å². The second-order valence-electron chi connectivity index (χ2n) is 7.73. The molecule has 33 heavy (non-hydrogen) atoms. The van der Waals surface area contributed by atoms with Crippen LogP contribution in [-0.4, -0.2) is 127 Å². The van der Waals surface area contributed by atoms with Crippen molar-refractivity contribution in [3.8, 4) is 0 Å². The van der Waals surface area contributed by atoms with Gasteiger partial charge < -0.3 is 38.6 Å². The highest BCUT2D eigenvalue weighted by molar-refractivity contribution is 4.58. The average molecular weight is 482 g/mol. The molecule has 0 amide bonds. The molecular formula is C24H51NO8. The van der Waals surface area contributed by atoms with E-state index in [1.54, 1.807) is 0 Å². The molecule has 0 aliphatic heterocycles. The summed E-state index contributed by atoms with van der Waals surface area (Å²) >= 11 is 0. The minimum atomic E-state index is 0.0404.